The smallest absolute Gasteiger partial charge is 0.326 e. The number of halogens is 2. The molecule has 0 fully saturated rings. The molecule has 1 aromatic heterocycles. The van der Waals surface area contributed by atoms with Crippen molar-refractivity contribution in [2.24, 2.45) is 4.40 Å². The van der Waals surface area contributed by atoms with Gasteiger partial charge in [-0.25, -0.2) is 9.37 Å². The van der Waals surface area contributed by atoms with Crippen LogP contribution in [0.2, 0.25) is 0 Å². The standard InChI is InChI=1S/C22H27BrFN3O4S2/c1-6-31-18(28)13-27-20(29)19(23)17(25-21(27)32-5)12-11-16(26-33(30)22(2,3)4)14-7-9-15(24)10-8-14/h7-10H,6,11-13H2,1-5H3/b26-16-/t33-/m1/s1. The summed E-state index contributed by atoms with van der Waals surface area (Å²) in [5, 5.41) is 0.379. The number of ether oxygens (including phenoxy) is 1. The van der Waals surface area contributed by atoms with Gasteiger partial charge < -0.3 is 9.29 Å². The van der Waals surface area contributed by atoms with E-state index >= 15 is 0 Å². The van der Waals surface area contributed by atoms with Crippen molar-refractivity contribution >= 4 is 50.7 Å². The third-order valence-electron chi connectivity index (χ3n) is 4.42. The van der Waals surface area contributed by atoms with Crippen molar-refractivity contribution < 1.29 is 18.5 Å². The monoisotopic (exact) mass is 559 g/mol. The Hall–Kier alpha value is -1.69. The van der Waals surface area contributed by atoms with Crippen LogP contribution in [-0.4, -0.2) is 43.4 Å². The fourth-order valence-corrected chi connectivity index (χ4v) is 4.45. The molecule has 2 rings (SSSR count). The van der Waals surface area contributed by atoms with Gasteiger partial charge in [0.1, 0.15) is 32.9 Å². The summed E-state index contributed by atoms with van der Waals surface area (Å²) in [6.07, 6.45) is 2.41. The van der Waals surface area contributed by atoms with Crippen LogP contribution in [0.5, 0.6) is 0 Å². The van der Waals surface area contributed by atoms with Crippen molar-refractivity contribution in [3.8, 4) is 0 Å². The topological polar surface area (TPSA) is 96.6 Å². The maximum atomic E-state index is 13.4. The first-order chi connectivity index (χ1) is 15.5. The summed E-state index contributed by atoms with van der Waals surface area (Å²) in [6.45, 7) is 7.14. The number of aromatic nitrogens is 2. The third kappa shape index (κ3) is 7.66. The van der Waals surface area contributed by atoms with Gasteiger partial charge >= 0.3 is 5.97 Å². The second-order valence-electron chi connectivity index (χ2n) is 7.96. The molecule has 1 atom stereocenters. The SMILES string of the molecule is CCOC(=O)Cn1c(SC)nc(CC/C(=N/[S@+]([O-])C(C)(C)C)c2ccc(F)cc2)c(Br)c1=O. The van der Waals surface area contributed by atoms with Gasteiger partial charge in [0.15, 0.2) is 5.16 Å². The molecule has 180 valence electrons. The van der Waals surface area contributed by atoms with Crippen molar-refractivity contribution in [3.63, 3.8) is 0 Å². The summed E-state index contributed by atoms with van der Waals surface area (Å²) < 4.78 is 36.4. The van der Waals surface area contributed by atoms with Gasteiger partial charge in [-0.05, 0) is 68.4 Å². The Morgan fingerprint density at radius 1 is 1.33 bits per heavy atom. The highest BCUT2D eigenvalue weighted by atomic mass is 79.9. The fraction of sp³-hybridized carbons (Fsp3) is 0.455. The van der Waals surface area contributed by atoms with Gasteiger partial charge in [-0.3, -0.25) is 14.2 Å². The minimum absolute atomic E-state index is 0.219. The van der Waals surface area contributed by atoms with Gasteiger partial charge in [-0.15, -0.1) is 0 Å². The normalized spacial score (nSPS) is 13.2. The van der Waals surface area contributed by atoms with Crippen LogP contribution >= 0.6 is 27.7 Å². The van der Waals surface area contributed by atoms with Crippen molar-refractivity contribution in [3.05, 3.63) is 56.2 Å². The Bertz CT molecular complexity index is 1070. The van der Waals surface area contributed by atoms with Crippen LogP contribution < -0.4 is 5.56 Å². The Labute approximate surface area is 208 Å². The summed E-state index contributed by atoms with van der Waals surface area (Å²) in [7, 11) is 0. The molecular formula is C22H27BrFN3O4S2. The van der Waals surface area contributed by atoms with E-state index in [0.717, 1.165) is 0 Å². The predicted molar refractivity (Wildman–Crippen MR) is 134 cm³/mol. The number of nitrogens with zero attached hydrogens (tertiary/aromatic N) is 3. The number of esters is 1. The highest BCUT2D eigenvalue weighted by molar-refractivity contribution is 9.10. The van der Waals surface area contributed by atoms with Crippen LogP contribution in [0.3, 0.4) is 0 Å². The molecule has 1 heterocycles. The van der Waals surface area contributed by atoms with E-state index in [0.29, 0.717) is 35.0 Å². The zero-order valence-electron chi connectivity index (χ0n) is 19.2. The van der Waals surface area contributed by atoms with E-state index in [9.17, 15) is 18.5 Å². The second kappa shape index (κ2) is 12.1. The lowest BCUT2D eigenvalue weighted by molar-refractivity contribution is -0.144. The molecule has 0 saturated heterocycles. The van der Waals surface area contributed by atoms with E-state index in [1.54, 1.807) is 25.3 Å². The molecule has 0 aliphatic rings. The van der Waals surface area contributed by atoms with E-state index in [4.69, 9.17) is 4.74 Å². The molecule has 0 bridgehead atoms. The Morgan fingerprint density at radius 3 is 2.52 bits per heavy atom. The second-order valence-corrected chi connectivity index (χ2v) is 11.4. The van der Waals surface area contributed by atoms with Gasteiger partial charge in [-0.2, -0.15) is 0 Å². The molecule has 0 spiro atoms. The number of carbonyl (C=O) groups is 1. The summed E-state index contributed by atoms with van der Waals surface area (Å²) >= 11 is 3.04. The van der Waals surface area contributed by atoms with Crippen LogP contribution in [0.4, 0.5) is 4.39 Å². The lowest BCUT2D eigenvalue weighted by Crippen LogP contribution is -2.29. The molecule has 0 aliphatic heterocycles. The lowest BCUT2D eigenvalue weighted by Gasteiger charge is -2.19. The number of benzene rings is 1. The number of carbonyl (C=O) groups excluding carboxylic acids is 1. The third-order valence-corrected chi connectivity index (χ3v) is 7.32. The summed E-state index contributed by atoms with van der Waals surface area (Å²) in [6, 6.07) is 5.81. The molecule has 0 amide bonds. The minimum atomic E-state index is -1.52. The van der Waals surface area contributed by atoms with Crippen LogP contribution in [0, 0.1) is 5.82 Å². The highest BCUT2D eigenvalue weighted by Crippen LogP contribution is 2.22. The quantitative estimate of drug-likeness (QED) is 0.149. The Morgan fingerprint density at radius 2 is 1.97 bits per heavy atom. The lowest BCUT2D eigenvalue weighted by atomic mass is 10.0. The first kappa shape index (κ1) is 27.6. The van der Waals surface area contributed by atoms with Gasteiger partial charge in [-0.1, -0.05) is 28.3 Å². The molecule has 11 heteroatoms. The zero-order chi connectivity index (χ0) is 24.8. The molecule has 0 saturated carbocycles. The molecule has 0 aliphatic carbocycles. The maximum absolute atomic E-state index is 13.4. The van der Waals surface area contributed by atoms with Crippen molar-refractivity contribution in [1.82, 2.24) is 9.55 Å². The molecule has 0 N–H and O–H groups in total. The van der Waals surface area contributed by atoms with E-state index in [1.165, 1.54) is 28.5 Å². The molecule has 0 unspecified atom stereocenters. The maximum Gasteiger partial charge on any atom is 0.326 e. The number of thioether (sulfide) groups is 1. The van der Waals surface area contributed by atoms with Gasteiger partial charge in [0.05, 0.1) is 18.0 Å². The van der Waals surface area contributed by atoms with Crippen molar-refractivity contribution in [1.29, 1.82) is 0 Å². The summed E-state index contributed by atoms with van der Waals surface area (Å²) in [5.74, 6) is -0.902. The molecular weight excluding hydrogens is 533 g/mol. The average Bonchev–Trinajstić information content (AvgIpc) is 2.75. The van der Waals surface area contributed by atoms with E-state index in [1.807, 2.05) is 20.8 Å². The summed E-state index contributed by atoms with van der Waals surface area (Å²) in [4.78, 5) is 29.4. The Kier molecular flexibility index (Phi) is 10.1. The van der Waals surface area contributed by atoms with Gasteiger partial charge in [0, 0.05) is 12.0 Å². The van der Waals surface area contributed by atoms with E-state index < -0.39 is 27.6 Å². The summed E-state index contributed by atoms with van der Waals surface area (Å²) in [5.41, 5.74) is 1.26. The Balaban J connectivity index is 2.39. The number of rotatable bonds is 9. The largest absolute Gasteiger partial charge is 0.591 e. The minimum Gasteiger partial charge on any atom is -0.591 e. The molecule has 0 radical (unpaired) electrons. The average molecular weight is 561 g/mol. The number of hydrogen-bond donors (Lipinski definition) is 0. The zero-order valence-corrected chi connectivity index (χ0v) is 22.4. The molecule has 7 nitrogen and oxygen atoms in total. The number of hydrogen-bond acceptors (Lipinski definition) is 7. The van der Waals surface area contributed by atoms with Gasteiger partial charge in [0.2, 0.25) is 0 Å². The van der Waals surface area contributed by atoms with Crippen LogP contribution in [-0.2, 0) is 33.9 Å². The first-order valence-electron chi connectivity index (χ1n) is 10.2. The highest BCUT2D eigenvalue weighted by Gasteiger charge is 2.28. The molecule has 33 heavy (non-hydrogen) atoms. The van der Waals surface area contributed by atoms with Crippen LogP contribution in [0.15, 0.2) is 43.1 Å². The van der Waals surface area contributed by atoms with Gasteiger partial charge in [0.25, 0.3) is 5.56 Å². The molecule has 1 aromatic carbocycles. The predicted octanol–water partition coefficient (Wildman–Crippen LogP) is 4.31. The van der Waals surface area contributed by atoms with Crippen LogP contribution in [0.25, 0.3) is 0 Å². The van der Waals surface area contributed by atoms with Crippen LogP contribution in [0.1, 0.15) is 45.4 Å². The van der Waals surface area contributed by atoms with E-state index in [-0.39, 0.29) is 23.4 Å². The fourth-order valence-electron chi connectivity index (χ4n) is 2.71. The van der Waals surface area contributed by atoms with Crippen molar-refractivity contribution in [2.45, 2.75) is 57.0 Å². The van der Waals surface area contributed by atoms with E-state index in [2.05, 4.69) is 25.3 Å². The van der Waals surface area contributed by atoms with Crippen molar-refractivity contribution in [2.75, 3.05) is 12.9 Å². The number of aryl methyl sites for hydroxylation is 1. The first-order valence-corrected chi connectivity index (χ1v) is 13.3. The molecule has 2 aromatic rings.